The van der Waals surface area contributed by atoms with E-state index in [-0.39, 0.29) is 33.1 Å². The zero-order chi connectivity index (χ0) is 22.8. The number of benzene rings is 3. The number of imide groups is 1. The number of ether oxygens (including phenoxy) is 1. The molecule has 1 aliphatic heterocycles. The highest BCUT2D eigenvalue weighted by molar-refractivity contribution is 6.50. The lowest BCUT2D eigenvalue weighted by molar-refractivity contribution is -0.120. The molecule has 1 heterocycles. The van der Waals surface area contributed by atoms with Crippen LogP contribution in [-0.4, -0.2) is 17.9 Å². The minimum absolute atomic E-state index is 0.0474. The van der Waals surface area contributed by atoms with Crippen molar-refractivity contribution in [1.29, 1.82) is 0 Å². The zero-order valence-electron chi connectivity index (χ0n) is 17.4. The maximum absolute atomic E-state index is 13.4. The average molecular weight is 467 g/mol. The molecule has 2 amide bonds. The zero-order valence-corrected chi connectivity index (χ0v) is 18.9. The van der Waals surface area contributed by atoms with Gasteiger partial charge in [0.15, 0.2) is 0 Å². The minimum Gasteiger partial charge on any atom is -0.491 e. The summed E-state index contributed by atoms with van der Waals surface area (Å²) in [7, 11) is 0. The summed E-state index contributed by atoms with van der Waals surface area (Å²) in [4.78, 5) is 27.9. The highest BCUT2D eigenvalue weighted by Gasteiger charge is 2.41. The van der Waals surface area contributed by atoms with Crippen LogP contribution in [0.15, 0.2) is 78.5 Å². The Morgan fingerprint density at radius 1 is 0.844 bits per heavy atom. The molecule has 0 aromatic heterocycles. The van der Waals surface area contributed by atoms with Gasteiger partial charge in [-0.25, -0.2) is 4.90 Å². The third kappa shape index (κ3) is 4.22. The number of halogens is 2. The van der Waals surface area contributed by atoms with Crippen molar-refractivity contribution in [3.05, 3.63) is 94.1 Å². The van der Waals surface area contributed by atoms with Crippen LogP contribution >= 0.6 is 23.2 Å². The van der Waals surface area contributed by atoms with Gasteiger partial charge in [-0.15, -0.1) is 0 Å². The van der Waals surface area contributed by atoms with Gasteiger partial charge in [0.2, 0.25) is 0 Å². The van der Waals surface area contributed by atoms with Crippen molar-refractivity contribution in [3.63, 3.8) is 0 Å². The van der Waals surface area contributed by atoms with Crippen LogP contribution in [0.3, 0.4) is 0 Å². The first-order valence-corrected chi connectivity index (χ1v) is 10.8. The molecule has 5 nitrogen and oxygen atoms in total. The third-order valence-corrected chi connectivity index (χ3v) is 5.62. The van der Waals surface area contributed by atoms with E-state index in [4.69, 9.17) is 27.9 Å². The van der Waals surface area contributed by atoms with Crippen LogP contribution in [0.25, 0.3) is 5.57 Å². The van der Waals surface area contributed by atoms with Crippen molar-refractivity contribution < 1.29 is 14.3 Å². The molecule has 32 heavy (non-hydrogen) atoms. The van der Waals surface area contributed by atoms with Crippen molar-refractivity contribution in [1.82, 2.24) is 0 Å². The van der Waals surface area contributed by atoms with Crippen molar-refractivity contribution in [2.75, 3.05) is 10.2 Å². The Hall–Kier alpha value is -3.28. The monoisotopic (exact) mass is 466 g/mol. The smallest absolute Gasteiger partial charge is 0.282 e. The maximum atomic E-state index is 13.4. The van der Waals surface area contributed by atoms with Gasteiger partial charge in [-0.2, -0.15) is 0 Å². The van der Waals surface area contributed by atoms with Gasteiger partial charge < -0.3 is 10.1 Å². The number of carbonyl (C=O) groups excluding carboxylic acids is 2. The largest absolute Gasteiger partial charge is 0.491 e. The van der Waals surface area contributed by atoms with E-state index in [1.54, 1.807) is 54.6 Å². The van der Waals surface area contributed by atoms with E-state index in [9.17, 15) is 9.59 Å². The van der Waals surface area contributed by atoms with Crippen LogP contribution in [0.4, 0.5) is 11.4 Å². The first-order valence-electron chi connectivity index (χ1n) is 10.0. The summed E-state index contributed by atoms with van der Waals surface area (Å²) >= 11 is 12.5. The first-order chi connectivity index (χ1) is 15.4. The number of amides is 2. The highest BCUT2D eigenvalue weighted by Crippen LogP contribution is 2.39. The molecule has 0 bridgehead atoms. The van der Waals surface area contributed by atoms with E-state index in [0.717, 1.165) is 4.90 Å². The Balaban J connectivity index is 1.76. The standard InChI is InChI=1S/C25H20Cl2N2O3/c1-15(2)32-18-13-11-17(12-14-18)28-23-21(16-7-4-3-5-8-16)24(30)29(25(23)31)20-10-6-9-19(26)22(20)27/h3-15,28H,1-2H3. The lowest BCUT2D eigenvalue weighted by atomic mass is 10.0. The number of nitrogens with one attached hydrogen (secondary N) is 1. The van der Waals surface area contributed by atoms with Gasteiger partial charge in [-0.3, -0.25) is 9.59 Å². The third-order valence-electron chi connectivity index (χ3n) is 4.81. The van der Waals surface area contributed by atoms with Gasteiger partial charge in [0.25, 0.3) is 11.8 Å². The highest BCUT2D eigenvalue weighted by atomic mass is 35.5. The van der Waals surface area contributed by atoms with Crippen molar-refractivity contribution in [3.8, 4) is 5.75 Å². The maximum Gasteiger partial charge on any atom is 0.282 e. The second-order valence-electron chi connectivity index (χ2n) is 7.45. The van der Waals surface area contributed by atoms with E-state index in [1.807, 2.05) is 32.0 Å². The SMILES string of the molecule is CC(C)Oc1ccc(NC2=C(c3ccccc3)C(=O)N(c3cccc(Cl)c3Cl)C2=O)cc1. The molecule has 3 aromatic rings. The first kappa shape index (κ1) is 21.9. The van der Waals surface area contributed by atoms with Gasteiger partial charge in [0.1, 0.15) is 11.4 Å². The number of hydrogen-bond donors (Lipinski definition) is 1. The van der Waals surface area contributed by atoms with Gasteiger partial charge in [-0.1, -0.05) is 59.6 Å². The fraction of sp³-hybridized carbons (Fsp3) is 0.120. The van der Waals surface area contributed by atoms with Crippen LogP contribution in [-0.2, 0) is 9.59 Å². The molecular formula is C25H20Cl2N2O3. The summed E-state index contributed by atoms with van der Waals surface area (Å²) in [6.07, 6.45) is 0.0474. The summed E-state index contributed by atoms with van der Waals surface area (Å²) in [5.74, 6) is -0.280. The molecule has 0 fully saturated rings. The summed E-state index contributed by atoms with van der Waals surface area (Å²) in [5, 5.41) is 3.52. The Morgan fingerprint density at radius 2 is 1.53 bits per heavy atom. The Morgan fingerprint density at radius 3 is 2.19 bits per heavy atom. The number of hydrogen-bond acceptors (Lipinski definition) is 4. The molecule has 0 aliphatic carbocycles. The Bertz CT molecular complexity index is 1210. The van der Waals surface area contributed by atoms with Crippen LogP contribution in [0, 0.1) is 0 Å². The number of carbonyl (C=O) groups is 2. The van der Waals surface area contributed by atoms with Crippen molar-refractivity contribution in [2.24, 2.45) is 0 Å². The molecule has 0 saturated heterocycles. The topological polar surface area (TPSA) is 58.6 Å². The molecule has 7 heteroatoms. The molecule has 0 spiro atoms. The Labute approximate surface area is 196 Å². The average Bonchev–Trinajstić information content (AvgIpc) is 3.01. The second kappa shape index (κ2) is 9.07. The predicted molar refractivity (Wildman–Crippen MR) is 128 cm³/mol. The van der Waals surface area contributed by atoms with Crippen molar-refractivity contribution in [2.45, 2.75) is 20.0 Å². The van der Waals surface area contributed by atoms with E-state index in [2.05, 4.69) is 5.32 Å². The van der Waals surface area contributed by atoms with E-state index >= 15 is 0 Å². The second-order valence-corrected chi connectivity index (χ2v) is 8.24. The minimum atomic E-state index is -0.513. The van der Waals surface area contributed by atoms with E-state index in [1.165, 1.54) is 0 Å². The molecule has 162 valence electrons. The Kier molecular flexibility index (Phi) is 6.21. The van der Waals surface area contributed by atoms with Gasteiger partial charge in [0.05, 0.1) is 27.4 Å². The quantitative estimate of drug-likeness (QED) is 0.440. The van der Waals surface area contributed by atoms with E-state index in [0.29, 0.717) is 17.0 Å². The van der Waals surface area contributed by atoms with Crippen LogP contribution < -0.4 is 15.0 Å². The molecule has 1 aliphatic rings. The summed E-state index contributed by atoms with van der Waals surface area (Å²) in [5.41, 5.74) is 1.92. The number of anilines is 2. The lowest BCUT2D eigenvalue weighted by Crippen LogP contribution is -2.32. The number of nitrogens with zero attached hydrogens (tertiary/aromatic N) is 1. The molecule has 3 aromatic carbocycles. The van der Waals surface area contributed by atoms with Crippen LogP contribution in [0.1, 0.15) is 19.4 Å². The molecule has 0 atom stereocenters. The summed E-state index contributed by atoms with van der Waals surface area (Å²) < 4.78 is 5.67. The van der Waals surface area contributed by atoms with Crippen LogP contribution in [0.2, 0.25) is 10.0 Å². The van der Waals surface area contributed by atoms with Crippen molar-refractivity contribution >= 4 is 52.0 Å². The van der Waals surface area contributed by atoms with Gasteiger partial charge in [-0.05, 0) is 55.8 Å². The fourth-order valence-electron chi connectivity index (χ4n) is 3.44. The number of rotatable bonds is 6. The lowest BCUT2D eigenvalue weighted by Gasteiger charge is -2.17. The molecule has 4 rings (SSSR count). The molecule has 0 radical (unpaired) electrons. The normalized spacial score (nSPS) is 13.8. The van der Waals surface area contributed by atoms with Gasteiger partial charge in [0, 0.05) is 5.69 Å². The summed E-state index contributed by atoms with van der Waals surface area (Å²) in [6.45, 7) is 3.89. The summed E-state index contributed by atoms with van der Waals surface area (Å²) in [6, 6.07) is 21.1. The van der Waals surface area contributed by atoms with Gasteiger partial charge >= 0.3 is 0 Å². The predicted octanol–water partition coefficient (Wildman–Crippen LogP) is 6.18. The molecule has 0 saturated carbocycles. The van der Waals surface area contributed by atoms with E-state index < -0.39 is 11.8 Å². The molecule has 0 unspecified atom stereocenters. The molecular weight excluding hydrogens is 447 g/mol. The van der Waals surface area contributed by atoms with Crippen LogP contribution in [0.5, 0.6) is 5.75 Å². The molecule has 1 N–H and O–H groups in total. The fourth-order valence-corrected chi connectivity index (χ4v) is 3.82.